The van der Waals surface area contributed by atoms with Crippen molar-refractivity contribution < 1.29 is 5.11 Å². The van der Waals surface area contributed by atoms with Crippen LogP contribution in [0.3, 0.4) is 0 Å². The molecule has 1 heterocycles. The van der Waals surface area contributed by atoms with E-state index in [1.54, 1.807) is 0 Å². The lowest BCUT2D eigenvalue weighted by atomic mass is 10.2. The standard InChI is InChI=1S/C8H11ClOS/c1-2-6(10)5-7-3-4-8(9)11-7/h3-4,6,10H,2,5H2,1H3/t6-/m0/s1. The Morgan fingerprint density at radius 3 is 2.82 bits per heavy atom. The van der Waals surface area contributed by atoms with Gasteiger partial charge in [-0.2, -0.15) is 0 Å². The number of hydrogen-bond donors (Lipinski definition) is 1. The summed E-state index contributed by atoms with van der Waals surface area (Å²) in [7, 11) is 0. The molecule has 0 aliphatic carbocycles. The zero-order valence-electron chi connectivity index (χ0n) is 6.38. The molecule has 3 heteroatoms. The molecule has 1 atom stereocenters. The van der Waals surface area contributed by atoms with Gasteiger partial charge in [0.05, 0.1) is 10.4 Å². The Bertz CT molecular complexity index is 222. The molecule has 0 spiro atoms. The molecule has 11 heavy (non-hydrogen) atoms. The van der Waals surface area contributed by atoms with Gasteiger partial charge in [-0.05, 0) is 18.6 Å². The van der Waals surface area contributed by atoms with Gasteiger partial charge in [0.15, 0.2) is 0 Å². The lowest BCUT2D eigenvalue weighted by molar-refractivity contribution is 0.171. The van der Waals surface area contributed by atoms with Gasteiger partial charge >= 0.3 is 0 Å². The van der Waals surface area contributed by atoms with Gasteiger partial charge in [0.25, 0.3) is 0 Å². The number of aliphatic hydroxyl groups is 1. The van der Waals surface area contributed by atoms with Crippen LogP contribution in [0.5, 0.6) is 0 Å². The van der Waals surface area contributed by atoms with Crippen molar-refractivity contribution in [3.05, 3.63) is 21.3 Å². The van der Waals surface area contributed by atoms with Crippen molar-refractivity contribution in [2.75, 3.05) is 0 Å². The Morgan fingerprint density at radius 1 is 1.64 bits per heavy atom. The fourth-order valence-electron chi connectivity index (χ4n) is 0.838. The maximum atomic E-state index is 9.28. The SMILES string of the molecule is CC[C@H](O)Cc1ccc(Cl)s1. The largest absolute Gasteiger partial charge is 0.393 e. The first-order chi connectivity index (χ1) is 5.22. The average Bonchev–Trinajstić information content (AvgIpc) is 2.35. The van der Waals surface area contributed by atoms with E-state index in [1.165, 1.54) is 11.3 Å². The molecule has 0 unspecified atom stereocenters. The molecule has 0 saturated carbocycles. The first-order valence-electron chi connectivity index (χ1n) is 3.64. The highest BCUT2D eigenvalue weighted by atomic mass is 35.5. The molecule has 1 rings (SSSR count). The molecule has 1 aromatic heterocycles. The summed E-state index contributed by atoms with van der Waals surface area (Å²) in [5.74, 6) is 0. The molecule has 62 valence electrons. The Hall–Kier alpha value is -0.0500. The van der Waals surface area contributed by atoms with E-state index in [4.69, 9.17) is 11.6 Å². The molecule has 0 aliphatic rings. The van der Waals surface area contributed by atoms with Crippen LogP contribution >= 0.6 is 22.9 Å². The molecule has 0 aromatic carbocycles. The molecule has 0 bridgehead atoms. The Morgan fingerprint density at radius 2 is 2.36 bits per heavy atom. The van der Waals surface area contributed by atoms with Gasteiger partial charge < -0.3 is 5.11 Å². The van der Waals surface area contributed by atoms with Gasteiger partial charge in [-0.1, -0.05) is 18.5 Å². The molecule has 0 fully saturated rings. The fourth-order valence-corrected chi connectivity index (χ4v) is 2.00. The average molecular weight is 191 g/mol. The van der Waals surface area contributed by atoms with Crippen molar-refractivity contribution in [3.63, 3.8) is 0 Å². The van der Waals surface area contributed by atoms with Gasteiger partial charge in [-0.3, -0.25) is 0 Å². The zero-order valence-corrected chi connectivity index (χ0v) is 7.95. The molecule has 1 aromatic rings. The van der Waals surface area contributed by atoms with Crippen LogP contribution in [0.25, 0.3) is 0 Å². The van der Waals surface area contributed by atoms with Crippen LogP contribution < -0.4 is 0 Å². The van der Waals surface area contributed by atoms with Crippen molar-refractivity contribution in [1.29, 1.82) is 0 Å². The van der Waals surface area contributed by atoms with Crippen LogP contribution in [-0.4, -0.2) is 11.2 Å². The van der Waals surface area contributed by atoms with E-state index in [2.05, 4.69) is 0 Å². The summed E-state index contributed by atoms with van der Waals surface area (Å²) in [6.07, 6.45) is 1.31. The smallest absolute Gasteiger partial charge is 0.0931 e. The first kappa shape index (κ1) is 9.04. The van der Waals surface area contributed by atoms with Gasteiger partial charge in [0, 0.05) is 11.3 Å². The monoisotopic (exact) mass is 190 g/mol. The number of rotatable bonds is 3. The highest BCUT2D eigenvalue weighted by Crippen LogP contribution is 2.22. The number of halogens is 1. The minimum absolute atomic E-state index is 0.218. The van der Waals surface area contributed by atoms with E-state index < -0.39 is 0 Å². The molecular weight excluding hydrogens is 180 g/mol. The van der Waals surface area contributed by atoms with Crippen molar-refractivity contribution >= 4 is 22.9 Å². The van der Waals surface area contributed by atoms with E-state index in [0.717, 1.165) is 22.1 Å². The van der Waals surface area contributed by atoms with Crippen molar-refractivity contribution in [2.24, 2.45) is 0 Å². The molecular formula is C8H11ClOS. The van der Waals surface area contributed by atoms with Crippen LogP contribution in [0.2, 0.25) is 4.34 Å². The lowest BCUT2D eigenvalue weighted by Gasteiger charge is -2.03. The van der Waals surface area contributed by atoms with E-state index in [1.807, 2.05) is 19.1 Å². The predicted molar refractivity (Wildman–Crippen MR) is 49.3 cm³/mol. The minimum Gasteiger partial charge on any atom is -0.393 e. The van der Waals surface area contributed by atoms with E-state index >= 15 is 0 Å². The molecule has 1 N–H and O–H groups in total. The third-order valence-corrected chi connectivity index (χ3v) is 2.79. The number of aliphatic hydroxyl groups excluding tert-OH is 1. The minimum atomic E-state index is -0.218. The molecule has 0 saturated heterocycles. The Kier molecular flexibility index (Phi) is 3.37. The van der Waals surface area contributed by atoms with Crippen molar-refractivity contribution in [1.82, 2.24) is 0 Å². The zero-order chi connectivity index (χ0) is 8.27. The highest BCUT2D eigenvalue weighted by Gasteiger charge is 2.04. The van der Waals surface area contributed by atoms with Gasteiger partial charge in [-0.15, -0.1) is 11.3 Å². The van der Waals surface area contributed by atoms with Gasteiger partial charge in [-0.25, -0.2) is 0 Å². The third-order valence-electron chi connectivity index (χ3n) is 1.54. The Labute approximate surface area is 75.6 Å². The number of thiophene rings is 1. The fraction of sp³-hybridized carbons (Fsp3) is 0.500. The van der Waals surface area contributed by atoms with E-state index in [-0.39, 0.29) is 6.10 Å². The summed E-state index contributed by atoms with van der Waals surface area (Å²) in [5, 5.41) is 9.28. The predicted octanol–water partition coefficient (Wildman–Crippen LogP) is 2.71. The Balaban J connectivity index is 2.50. The summed E-state index contributed by atoms with van der Waals surface area (Å²) >= 11 is 7.26. The first-order valence-corrected chi connectivity index (χ1v) is 4.84. The molecule has 0 amide bonds. The van der Waals surface area contributed by atoms with Gasteiger partial charge in [0.1, 0.15) is 0 Å². The van der Waals surface area contributed by atoms with E-state index in [0.29, 0.717) is 0 Å². The normalized spacial score (nSPS) is 13.4. The highest BCUT2D eigenvalue weighted by molar-refractivity contribution is 7.16. The second-order valence-electron chi connectivity index (χ2n) is 2.47. The molecule has 0 radical (unpaired) electrons. The van der Waals surface area contributed by atoms with Gasteiger partial charge in [0.2, 0.25) is 0 Å². The van der Waals surface area contributed by atoms with Crippen LogP contribution in [0.4, 0.5) is 0 Å². The maximum Gasteiger partial charge on any atom is 0.0931 e. The third kappa shape index (κ3) is 2.81. The summed E-state index contributed by atoms with van der Waals surface area (Å²) in [6, 6.07) is 3.83. The van der Waals surface area contributed by atoms with Crippen molar-refractivity contribution in [3.8, 4) is 0 Å². The number of hydrogen-bond acceptors (Lipinski definition) is 2. The molecule has 1 nitrogen and oxygen atoms in total. The van der Waals surface area contributed by atoms with Crippen LogP contribution in [-0.2, 0) is 6.42 Å². The second-order valence-corrected chi connectivity index (χ2v) is 4.27. The quantitative estimate of drug-likeness (QED) is 0.777. The molecule has 0 aliphatic heterocycles. The van der Waals surface area contributed by atoms with Crippen LogP contribution in [0.1, 0.15) is 18.2 Å². The van der Waals surface area contributed by atoms with E-state index in [9.17, 15) is 5.11 Å². The topological polar surface area (TPSA) is 20.2 Å². The summed E-state index contributed by atoms with van der Waals surface area (Å²) in [5.41, 5.74) is 0. The van der Waals surface area contributed by atoms with Crippen molar-refractivity contribution in [2.45, 2.75) is 25.9 Å². The second kappa shape index (κ2) is 4.10. The summed E-state index contributed by atoms with van der Waals surface area (Å²) in [6.45, 7) is 1.97. The van der Waals surface area contributed by atoms with Crippen LogP contribution in [0.15, 0.2) is 12.1 Å². The lowest BCUT2D eigenvalue weighted by Crippen LogP contribution is -2.06. The summed E-state index contributed by atoms with van der Waals surface area (Å²) in [4.78, 5) is 1.16. The van der Waals surface area contributed by atoms with Crippen LogP contribution in [0, 0.1) is 0 Å². The maximum absolute atomic E-state index is 9.28. The summed E-state index contributed by atoms with van der Waals surface area (Å²) < 4.78 is 0.795.